The second-order valence-electron chi connectivity index (χ2n) is 6.45. The highest BCUT2D eigenvalue weighted by Crippen LogP contribution is 2.27. The number of anilines is 1. The predicted molar refractivity (Wildman–Crippen MR) is 115 cm³/mol. The van der Waals surface area contributed by atoms with Gasteiger partial charge in [-0.15, -0.1) is 10.2 Å². The Morgan fingerprint density at radius 1 is 1.10 bits per heavy atom. The topological polar surface area (TPSA) is 146 Å². The summed E-state index contributed by atoms with van der Waals surface area (Å²) >= 11 is 1.17. The van der Waals surface area contributed by atoms with Crippen LogP contribution in [0.4, 0.5) is 17.1 Å². The zero-order valence-electron chi connectivity index (χ0n) is 16.6. The van der Waals surface area contributed by atoms with Gasteiger partial charge in [0.15, 0.2) is 11.0 Å². The van der Waals surface area contributed by atoms with E-state index in [1.807, 2.05) is 6.92 Å². The second-order valence-corrected chi connectivity index (χ2v) is 7.39. The van der Waals surface area contributed by atoms with Crippen LogP contribution in [-0.4, -0.2) is 36.3 Å². The van der Waals surface area contributed by atoms with Crippen LogP contribution in [0.25, 0.3) is 11.4 Å². The van der Waals surface area contributed by atoms with Crippen LogP contribution in [0, 0.1) is 27.2 Å². The standard InChI is InChI=1S/C19H18N6O5S/c1-3-23-18(13-5-4-6-14(10-13)24(27)28)21-22-19(23)31-11-17(26)20-16-8-7-15(25(29)30)9-12(16)2/h4-10H,3,11H2,1-2H3,(H,20,26). The molecule has 1 heterocycles. The summed E-state index contributed by atoms with van der Waals surface area (Å²) in [6.07, 6.45) is 0. The lowest BCUT2D eigenvalue weighted by Gasteiger charge is -2.09. The van der Waals surface area contributed by atoms with E-state index in [9.17, 15) is 25.0 Å². The van der Waals surface area contributed by atoms with Crippen LogP contribution in [-0.2, 0) is 11.3 Å². The molecule has 2 aromatic carbocycles. The van der Waals surface area contributed by atoms with Crippen LogP contribution in [0.2, 0.25) is 0 Å². The number of aryl methyl sites for hydroxylation is 1. The van der Waals surface area contributed by atoms with E-state index in [0.29, 0.717) is 34.3 Å². The van der Waals surface area contributed by atoms with E-state index in [4.69, 9.17) is 0 Å². The van der Waals surface area contributed by atoms with Gasteiger partial charge in [-0.25, -0.2) is 0 Å². The molecular weight excluding hydrogens is 424 g/mol. The van der Waals surface area contributed by atoms with Gasteiger partial charge in [-0.05, 0) is 25.5 Å². The molecule has 0 unspecified atom stereocenters. The molecule has 1 aromatic heterocycles. The van der Waals surface area contributed by atoms with E-state index < -0.39 is 9.85 Å². The minimum Gasteiger partial charge on any atom is -0.325 e. The summed E-state index contributed by atoms with van der Waals surface area (Å²) in [5.41, 5.74) is 1.54. The van der Waals surface area contributed by atoms with Gasteiger partial charge < -0.3 is 9.88 Å². The summed E-state index contributed by atoms with van der Waals surface area (Å²) < 4.78 is 1.77. The molecule has 0 atom stereocenters. The summed E-state index contributed by atoms with van der Waals surface area (Å²) in [5, 5.41) is 33.3. The van der Waals surface area contributed by atoms with Crippen molar-refractivity contribution in [2.45, 2.75) is 25.5 Å². The van der Waals surface area contributed by atoms with Gasteiger partial charge >= 0.3 is 0 Å². The number of rotatable bonds is 8. The number of benzene rings is 2. The molecule has 160 valence electrons. The molecule has 0 radical (unpaired) electrons. The predicted octanol–water partition coefficient (Wildman–Crippen LogP) is 3.82. The number of amides is 1. The van der Waals surface area contributed by atoms with E-state index in [1.54, 1.807) is 23.6 Å². The third-order valence-corrected chi connectivity index (χ3v) is 5.34. The van der Waals surface area contributed by atoms with Gasteiger partial charge in [-0.2, -0.15) is 0 Å². The smallest absolute Gasteiger partial charge is 0.270 e. The molecule has 0 fully saturated rings. The van der Waals surface area contributed by atoms with Gasteiger partial charge in [-0.3, -0.25) is 25.0 Å². The van der Waals surface area contributed by atoms with Crippen molar-refractivity contribution in [3.05, 3.63) is 68.3 Å². The largest absolute Gasteiger partial charge is 0.325 e. The molecule has 31 heavy (non-hydrogen) atoms. The second kappa shape index (κ2) is 9.34. The third kappa shape index (κ3) is 5.04. The molecule has 0 aliphatic rings. The Morgan fingerprint density at radius 2 is 1.81 bits per heavy atom. The van der Waals surface area contributed by atoms with Crippen molar-refractivity contribution in [2.75, 3.05) is 11.1 Å². The molecule has 0 spiro atoms. The van der Waals surface area contributed by atoms with Gasteiger partial charge in [0.05, 0.1) is 15.6 Å². The summed E-state index contributed by atoms with van der Waals surface area (Å²) in [5.74, 6) is 0.216. The number of carbonyl (C=O) groups is 1. The van der Waals surface area contributed by atoms with E-state index in [-0.39, 0.29) is 23.0 Å². The first-order valence-corrected chi connectivity index (χ1v) is 10.1. The van der Waals surface area contributed by atoms with Crippen molar-refractivity contribution in [2.24, 2.45) is 0 Å². The van der Waals surface area contributed by atoms with Crippen molar-refractivity contribution in [3.8, 4) is 11.4 Å². The Hall–Kier alpha value is -3.80. The van der Waals surface area contributed by atoms with Gasteiger partial charge in [0.1, 0.15) is 0 Å². The van der Waals surface area contributed by atoms with Crippen LogP contribution in [0.5, 0.6) is 0 Å². The average molecular weight is 442 g/mol. The zero-order chi connectivity index (χ0) is 22.5. The first-order valence-electron chi connectivity index (χ1n) is 9.16. The molecule has 0 saturated heterocycles. The van der Waals surface area contributed by atoms with Crippen LogP contribution in [0.15, 0.2) is 47.6 Å². The Bertz CT molecular complexity index is 1160. The maximum atomic E-state index is 12.4. The van der Waals surface area contributed by atoms with Crippen molar-refractivity contribution in [3.63, 3.8) is 0 Å². The third-order valence-electron chi connectivity index (χ3n) is 4.38. The van der Waals surface area contributed by atoms with Crippen LogP contribution < -0.4 is 5.32 Å². The highest BCUT2D eigenvalue weighted by Gasteiger charge is 2.17. The SMILES string of the molecule is CCn1c(SCC(=O)Nc2ccc([N+](=O)[O-])cc2C)nnc1-c1cccc([N+](=O)[O-])c1. The molecule has 1 amide bonds. The maximum absolute atomic E-state index is 12.4. The highest BCUT2D eigenvalue weighted by atomic mass is 32.2. The molecule has 11 nitrogen and oxygen atoms in total. The summed E-state index contributed by atoms with van der Waals surface area (Å²) in [4.78, 5) is 33.2. The Balaban J connectivity index is 1.71. The van der Waals surface area contributed by atoms with Crippen LogP contribution >= 0.6 is 11.8 Å². The van der Waals surface area contributed by atoms with Crippen molar-refractivity contribution < 1.29 is 14.6 Å². The number of thioether (sulfide) groups is 1. The molecule has 0 aliphatic heterocycles. The molecule has 12 heteroatoms. The van der Waals surface area contributed by atoms with Crippen molar-refractivity contribution in [1.29, 1.82) is 0 Å². The Kier molecular flexibility index (Phi) is 6.60. The molecule has 1 N–H and O–H groups in total. The number of nitrogens with zero attached hydrogens (tertiary/aromatic N) is 5. The number of nitro groups is 2. The minimum atomic E-state index is -0.495. The highest BCUT2D eigenvalue weighted by molar-refractivity contribution is 7.99. The zero-order valence-corrected chi connectivity index (χ0v) is 17.5. The van der Waals surface area contributed by atoms with E-state index in [1.165, 1.54) is 42.1 Å². The number of nitrogens with one attached hydrogen (secondary N) is 1. The minimum absolute atomic E-state index is 0.0451. The van der Waals surface area contributed by atoms with E-state index >= 15 is 0 Å². The van der Waals surface area contributed by atoms with Gasteiger partial charge in [-0.1, -0.05) is 23.9 Å². The summed E-state index contributed by atoms with van der Waals surface area (Å²) in [6, 6.07) is 10.3. The number of hydrogen-bond donors (Lipinski definition) is 1. The summed E-state index contributed by atoms with van der Waals surface area (Å²) in [6.45, 7) is 4.07. The number of non-ortho nitro benzene ring substituents is 2. The van der Waals surface area contributed by atoms with Crippen LogP contribution in [0.1, 0.15) is 12.5 Å². The molecule has 3 aromatic rings. The molecule has 0 aliphatic carbocycles. The maximum Gasteiger partial charge on any atom is 0.270 e. The fourth-order valence-electron chi connectivity index (χ4n) is 2.87. The average Bonchev–Trinajstić information content (AvgIpc) is 3.16. The fourth-order valence-corrected chi connectivity index (χ4v) is 3.67. The van der Waals surface area contributed by atoms with Gasteiger partial charge in [0, 0.05) is 42.1 Å². The number of hydrogen-bond acceptors (Lipinski definition) is 8. The Labute approximate surface area is 180 Å². The molecule has 3 rings (SSSR count). The van der Waals surface area contributed by atoms with Crippen LogP contribution in [0.3, 0.4) is 0 Å². The lowest BCUT2D eigenvalue weighted by Crippen LogP contribution is -2.15. The number of aromatic nitrogens is 3. The number of carbonyl (C=O) groups excluding carboxylic acids is 1. The van der Waals surface area contributed by atoms with Gasteiger partial charge in [0.2, 0.25) is 5.91 Å². The monoisotopic (exact) mass is 442 g/mol. The Morgan fingerprint density at radius 3 is 2.45 bits per heavy atom. The van der Waals surface area contributed by atoms with Crippen molar-refractivity contribution in [1.82, 2.24) is 14.8 Å². The van der Waals surface area contributed by atoms with E-state index in [2.05, 4.69) is 15.5 Å². The van der Waals surface area contributed by atoms with E-state index in [0.717, 1.165) is 0 Å². The normalized spacial score (nSPS) is 10.6. The first-order chi connectivity index (χ1) is 14.8. The number of nitro benzene ring substituents is 2. The first kappa shape index (κ1) is 21.9. The van der Waals surface area contributed by atoms with Crippen molar-refractivity contribution >= 4 is 34.7 Å². The summed E-state index contributed by atoms with van der Waals surface area (Å²) in [7, 11) is 0. The molecule has 0 saturated carbocycles. The van der Waals surface area contributed by atoms with Gasteiger partial charge in [0.25, 0.3) is 11.4 Å². The quantitative estimate of drug-likeness (QED) is 0.315. The molecular formula is C19H18N6O5S. The lowest BCUT2D eigenvalue weighted by atomic mass is 10.2. The fraction of sp³-hybridized carbons (Fsp3) is 0.211. The lowest BCUT2D eigenvalue weighted by molar-refractivity contribution is -0.385. The molecule has 0 bridgehead atoms.